The van der Waals surface area contributed by atoms with Gasteiger partial charge in [-0.1, -0.05) is 30.4 Å². The van der Waals surface area contributed by atoms with Crippen LogP contribution in [0.2, 0.25) is 0 Å². The van der Waals surface area contributed by atoms with Crippen molar-refractivity contribution in [3.8, 4) is 0 Å². The van der Waals surface area contributed by atoms with Crippen molar-refractivity contribution in [1.29, 1.82) is 0 Å². The molecule has 1 aromatic rings. The number of benzene rings is 1. The minimum absolute atomic E-state index is 0.431. The fourth-order valence-corrected chi connectivity index (χ4v) is 1.30. The second-order valence-corrected chi connectivity index (χ2v) is 3.18. The Hall–Kier alpha value is -0.800. The predicted octanol–water partition coefficient (Wildman–Crippen LogP) is 3.24. The van der Waals surface area contributed by atoms with E-state index < -0.39 is 6.67 Å². The first-order valence-corrected chi connectivity index (χ1v) is 4.73. The number of allylic oxidation sites excluding steroid dienone is 1. The average molecular weight is 198 g/mol. The highest BCUT2D eigenvalue weighted by atomic mass is 32.2. The van der Waals surface area contributed by atoms with Crippen LogP contribution in [0.25, 0.3) is 0 Å². The Kier molecular flexibility index (Phi) is 5.29. The van der Waals surface area contributed by atoms with Gasteiger partial charge in [0.25, 0.3) is 0 Å². The van der Waals surface area contributed by atoms with E-state index in [9.17, 15) is 4.39 Å². The Balaban J connectivity index is 2.17. The van der Waals surface area contributed by atoms with Crippen molar-refractivity contribution >= 4 is 12.0 Å². The van der Waals surface area contributed by atoms with Gasteiger partial charge in [-0.2, -0.15) is 0 Å². The lowest BCUT2D eigenvalue weighted by molar-refractivity contribution is 0.427. The molecule has 70 valence electrons. The molecular formula is C10H11FOS. The third kappa shape index (κ3) is 4.70. The second-order valence-electron chi connectivity index (χ2n) is 2.31. The number of rotatable bonds is 5. The number of halogens is 1. The summed E-state index contributed by atoms with van der Waals surface area (Å²) in [5, 5.41) is 0. The first kappa shape index (κ1) is 10.3. The van der Waals surface area contributed by atoms with Crippen LogP contribution >= 0.6 is 12.0 Å². The van der Waals surface area contributed by atoms with Gasteiger partial charge in [-0.25, -0.2) is 4.39 Å². The molecule has 1 aromatic carbocycles. The van der Waals surface area contributed by atoms with Gasteiger partial charge in [0, 0.05) is 16.9 Å². The molecule has 0 amide bonds. The van der Waals surface area contributed by atoms with Crippen molar-refractivity contribution in [2.24, 2.45) is 0 Å². The van der Waals surface area contributed by atoms with Gasteiger partial charge in [0.2, 0.25) is 0 Å². The molecule has 0 aromatic heterocycles. The molecule has 0 N–H and O–H groups in total. The maximum atomic E-state index is 11.6. The predicted molar refractivity (Wildman–Crippen MR) is 53.4 cm³/mol. The molecule has 0 fully saturated rings. The molecule has 0 aliphatic rings. The van der Waals surface area contributed by atoms with Crippen LogP contribution in [-0.4, -0.2) is 13.3 Å². The molecule has 0 unspecified atom stereocenters. The van der Waals surface area contributed by atoms with E-state index in [-0.39, 0.29) is 0 Å². The zero-order chi connectivity index (χ0) is 9.36. The summed E-state index contributed by atoms with van der Waals surface area (Å²) >= 11 is 1.30. The van der Waals surface area contributed by atoms with Gasteiger partial charge in [-0.05, 0) is 12.1 Å². The Morgan fingerprint density at radius 3 is 2.69 bits per heavy atom. The SMILES string of the molecule is FC/C=C\COSc1ccccc1. The Morgan fingerprint density at radius 1 is 1.23 bits per heavy atom. The molecule has 0 spiro atoms. The molecule has 0 saturated heterocycles. The van der Waals surface area contributed by atoms with Gasteiger partial charge >= 0.3 is 0 Å². The van der Waals surface area contributed by atoms with Crippen molar-refractivity contribution < 1.29 is 8.57 Å². The second kappa shape index (κ2) is 6.69. The summed E-state index contributed by atoms with van der Waals surface area (Å²) in [4.78, 5) is 1.05. The van der Waals surface area contributed by atoms with Gasteiger partial charge in [-0.15, -0.1) is 0 Å². The minimum Gasteiger partial charge on any atom is -0.306 e. The summed E-state index contributed by atoms with van der Waals surface area (Å²) in [7, 11) is 0. The molecule has 3 heteroatoms. The molecule has 13 heavy (non-hydrogen) atoms. The molecular weight excluding hydrogens is 187 g/mol. The third-order valence-electron chi connectivity index (χ3n) is 1.32. The first-order valence-electron chi connectivity index (χ1n) is 3.99. The Morgan fingerprint density at radius 2 is 2.00 bits per heavy atom. The van der Waals surface area contributed by atoms with E-state index in [1.807, 2.05) is 30.3 Å². The molecule has 0 bridgehead atoms. The van der Waals surface area contributed by atoms with E-state index in [4.69, 9.17) is 4.18 Å². The first-order chi connectivity index (χ1) is 6.43. The number of alkyl halides is 1. The maximum Gasteiger partial charge on any atom is 0.108 e. The van der Waals surface area contributed by atoms with Crippen LogP contribution in [0, 0.1) is 0 Å². The highest BCUT2D eigenvalue weighted by Crippen LogP contribution is 2.17. The zero-order valence-electron chi connectivity index (χ0n) is 7.15. The summed E-state index contributed by atoms with van der Waals surface area (Å²) < 4.78 is 16.8. The number of hydrogen-bond donors (Lipinski definition) is 0. The highest BCUT2D eigenvalue weighted by molar-refractivity contribution is 7.94. The van der Waals surface area contributed by atoms with Gasteiger partial charge in [0.05, 0.1) is 6.61 Å². The summed E-state index contributed by atoms with van der Waals surface area (Å²) in [6.07, 6.45) is 3.10. The normalized spacial score (nSPS) is 10.8. The van der Waals surface area contributed by atoms with Crippen LogP contribution < -0.4 is 0 Å². The van der Waals surface area contributed by atoms with Crippen LogP contribution in [-0.2, 0) is 4.18 Å². The Labute approximate surface area is 81.8 Å². The molecule has 0 aliphatic heterocycles. The molecule has 1 nitrogen and oxygen atoms in total. The van der Waals surface area contributed by atoms with Gasteiger partial charge in [0.1, 0.15) is 6.67 Å². The van der Waals surface area contributed by atoms with Crippen molar-refractivity contribution in [2.45, 2.75) is 4.90 Å². The maximum absolute atomic E-state index is 11.6. The van der Waals surface area contributed by atoms with E-state index >= 15 is 0 Å². The van der Waals surface area contributed by atoms with Crippen LogP contribution in [0.3, 0.4) is 0 Å². The molecule has 0 atom stereocenters. The fraction of sp³-hybridized carbons (Fsp3) is 0.200. The van der Waals surface area contributed by atoms with Crippen molar-refractivity contribution in [3.63, 3.8) is 0 Å². The third-order valence-corrected chi connectivity index (χ3v) is 2.04. The van der Waals surface area contributed by atoms with E-state index in [1.165, 1.54) is 18.1 Å². The quantitative estimate of drug-likeness (QED) is 0.408. The lowest BCUT2D eigenvalue weighted by Gasteiger charge is -1.97. The van der Waals surface area contributed by atoms with Gasteiger partial charge < -0.3 is 4.18 Å². The Bertz CT molecular complexity index is 248. The standard InChI is InChI=1S/C10H11FOS/c11-8-4-5-9-12-13-10-6-2-1-3-7-10/h1-7H,8-9H2/b5-4-. The van der Waals surface area contributed by atoms with E-state index in [0.29, 0.717) is 6.61 Å². The molecule has 0 radical (unpaired) electrons. The smallest absolute Gasteiger partial charge is 0.108 e. The van der Waals surface area contributed by atoms with E-state index in [0.717, 1.165) is 4.90 Å². The monoisotopic (exact) mass is 198 g/mol. The zero-order valence-corrected chi connectivity index (χ0v) is 7.97. The van der Waals surface area contributed by atoms with Gasteiger partial charge in [0.15, 0.2) is 0 Å². The van der Waals surface area contributed by atoms with E-state index in [2.05, 4.69) is 0 Å². The summed E-state index contributed by atoms with van der Waals surface area (Å²) in [5.41, 5.74) is 0. The molecule has 0 heterocycles. The minimum atomic E-state index is -0.431. The largest absolute Gasteiger partial charge is 0.306 e. The molecule has 0 aliphatic carbocycles. The summed E-state index contributed by atoms with van der Waals surface area (Å²) in [6.45, 7) is 0.00282. The molecule has 0 saturated carbocycles. The van der Waals surface area contributed by atoms with Gasteiger partial charge in [-0.3, -0.25) is 0 Å². The van der Waals surface area contributed by atoms with Crippen molar-refractivity contribution in [2.75, 3.05) is 13.3 Å². The van der Waals surface area contributed by atoms with Crippen molar-refractivity contribution in [3.05, 3.63) is 42.5 Å². The topological polar surface area (TPSA) is 9.23 Å². The van der Waals surface area contributed by atoms with Crippen LogP contribution in [0.4, 0.5) is 4.39 Å². The van der Waals surface area contributed by atoms with Crippen molar-refractivity contribution in [1.82, 2.24) is 0 Å². The fourth-order valence-electron chi connectivity index (χ4n) is 0.748. The summed E-state index contributed by atoms with van der Waals surface area (Å²) in [6, 6.07) is 9.77. The van der Waals surface area contributed by atoms with Crippen LogP contribution in [0.5, 0.6) is 0 Å². The average Bonchev–Trinajstić information content (AvgIpc) is 2.19. The highest BCUT2D eigenvalue weighted by Gasteiger charge is 1.89. The lowest BCUT2D eigenvalue weighted by atomic mass is 10.4. The van der Waals surface area contributed by atoms with Crippen LogP contribution in [0.15, 0.2) is 47.4 Å². The van der Waals surface area contributed by atoms with E-state index in [1.54, 1.807) is 6.08 Å². The lowest BCUT2D eigenvalue weighted by Crippen LogP contribution is -1.80. The number of hydrogen-bond acceptors (Lipinski definition) is 2. The molecule has 1 rings (SSSR count). The van der Waals surface area contributed by atoms with Crippen LogP contribution in [0.1, 0.15) is 0 Å². The summed E-state index contributed by atoms with van der Waals surface area (Å²) in [5.74, 6) is 0.